The van der Waals surface area contributed by atoms with Gasteiger partial charge in [0.15, 0.2) is 0 Å². The number of nitrogens with zero attached hydrogens (tertiary/aromatic N) is 1. The van der Waals surface area contributed by atoms with Crippen molar-refractivity contribution < 1.29 is 31.2 Å². The average molecular weight is 498 g/mol. The van der Waals surface area contributed by atoms with Crippen molar-refractivity contribution in [1.82, 2.24) is 9.62 Å². The van der Waals surface area contributed by atoms with Gasteiger partial charge in [-0.25, -0.2) is 13.1 Å². The van der Waals surface area contributed by atoms with Crippen LogP contribution in [0.4, 0.5) is 18.9 Å². The van der Waals surface area contributed by atoms with E-state index in [1.54, 1.807) is 0 Å². The number of hydrogen-bond donors (Lipinski definition) is 2. The van der Waals surface area contributed by atoms with Gasteiger partial charge in [0, 0.05) is 18.3 Å². The quantitative estimate of drug-likeness (QED) is 0.611. The first-order chi connectivity index (χ1) is 14.3. The van der Waals surface area contributed by atoms with Crippen molar-refractivity contribution in [2.75, 3.05) is 25.5 Å². The van der Waals surface area contributed by atoms with Crippen molar-refractivity contribution in [2.45, 2.75) is 11.1 Å². The van der Waals surface area contributed by atoms with Gasteiger partial charge in [0.2, 0.25) is 15.9 Å². The first kappa shape index (κ1) is 24.9. The zero-order chi connectivity index (χ0) is 23.4. The van der Waals surface area contributed by atoms with Crippen molar-refractivity contribution in [2.24, 2.45) is 0 Å². The molecule has 0 atom stereocenters. The predicted octanol–water partition coefficient (Wildman–Crippen LogP) is 3.54. The van der Waals surface area contributed by atoms with Gasteiger partial charge in [-0.1, -0.05) is 29.3 Å². The van der Waals surface area contributed by atoms with E-state index in [0.29, 0.717) is 10.7 Å². The summed E-state index contributed by atoms with van der Waals surface area (Å²) >= 11 is 11.7. The number of sulfonamides is 1. The fourth-order valence-corrected chi connectivity index (χ4v) is 3.70. The number of anilines is 1. The number of nitrogens with one attached hydrogen (secondary N) is 2. The molecule has 0 spiro atoms. The zero-order valence-corrected chi connectivity index (χ0v) is 18.2. The molecule has 0 unspecified atom stereocenters. The molecule has 0 saturated carbocycles. The molecule has 0 aliphatic carbocycles. The summed E-state index contributed by atoms with van der Waals surface area (Å²) < 4.78 is 62.4. The van der Waals surface area contributed by atoms with E-state index in [2.05, 4.69) is 5.32 Å². The van der Waals surface area contributed by atoms with Crippen LogP contribution in [-0.4, -0.2) is 51.4 Å². The summed E-state index contributed by atoms with van der Waals surface area (Å²) in [6, 6.07) is 8.87. The van der Waals surface area contributed by atoms with Crippen LogP contribution in [0.2, 0.25) is 10.0 Å². The van der Waals surface area contributed by atoms with Gasteiger partial charge in [-0.2, -0.15) is 13.2 Å². The molecular formula is C18H16Cl2F3N3O4S. The smallest absolute Gasteiger partial charge is 0.332 e. The van der Waals surface area contributed by atoms with Crippen LogP contribution in [0.3, 0.4) is 0 Å². The summed E-state index contributed by atoms with van der Waals surface area (Å²) in [4.78, 5) is 25.2. The molecule has 31 heavy (non-hydrogen) atoms. The maximum absolute atomic E-state index is 12.5. The fourth-order valence-electron chi connectivity index (χ4n) is 2.34. The van der Waals surface area contributed by atoms with E-state index in [-0.39, 0.29) is 17.1 Å². The molecule has 168 valence electrons. The summed E-state index contributed by atoms with van der Waals surface area (Å²) in [5, 5.41) is 3.05. The van der Waals surface area contributed by atoms with Crippen LogP contribution < -0.4 is 10.0 Å². The van der Waals surface area contributed by atoms with Crippen LogP contribution in [0.15, 0.2) is 47.4 Å². The van der Waals surface area contributed by atoms with Gasteiger partial charge < -0.3 is 10.2 Å². The number of rotatable bonds is 7. The van der Waals surface area contributed by atoms with E-state index in [1.807, 2.05) is 0 Å². The van der Waals surface area contributed by atoms with Gasteiger partial charge in [-0.05, 0) is 36.4 Å². The molecule has 13 heteroatoms. The first-order valence-corrected chi connectivity index (χ1v) is 10.7. The SMILES string of the molecule is CN(CC(=O)Nc1ccc(Cl)c(Cl)c1)C(=O)c1cccc(S(=O)(=O)NCC(F)(F)F)c1. The molecule has 0 aliphatic heterocycles. The van der Waals surface area contributed by atoms with Gasteiger partial charge >= 0.3 is 6.18 Å². The van der Waals surface area contributed by atoms with Crippen LogP contribution in [0.25, 0.3) is 0 Å². The van der Waals surface area contributed by atoms with E-state index < -0.39 is 39.5 Å². The summed E-state index contributed by atoms with van der Waals surface area (Å²) in [6.45, 7) is -2.13. The van der Waals surface area contributed by atoms with Gasteiger partial charge in [-0.15, -0.1) is 0 Å². The molecule has 2 rings (SSSR count). The Kier molecular flexibility index (Phi) is 7.93. The zero-order valence-electron chi connectivity index (χ0n) is 15.8. The molecule has 0 heterocycles. The number of benzene rings is 2. The predicted molar refractivity (Wildman–Crippen MR) is 110 cm³/mol. The van der Waals surface area contributed by atoms with Crippen molar-refractivity contribution in [3.8, 4) is 0 Å². The molecule has 0 aromatic heterocycles. The molecule has 2 aromatic carbocycles. The minimum atomic E-state index is -4.73. The highest BCUT2D eigenvalue weighted by Gasteiger charge is 2.30. The van der Waals surface area contributed by atoms with Gasteiger partial charge in [0.1, 0.15) is 6.54 Å². The summed E-state index contributed by atoms with van der Waals surface area (Å²) in [5.41, 5.74) is 0.226. The molecule has 0 bridgehead atoms. The summed E-state index contributed by atoms with van der Waals surface area (Å²) in [6.07, 6.45) is -4.73. The van der Waals surface area contributed by atoms with Gasteiger partial charge in [0.05, 0.1) is 21.5 Å². The van der Waals surface area contributed by atoms with Crippen LogP contribution in [0.5, 0.6) is 0 Å². The number of hydrogen-bond acceptors (Lipinski definition) is 4. The highest BCUT2D eigenvalue weighted by atomic mass is 35.5. The normalized spacial score (nSPS) is 11.8. The van der Waals surface area contributed by atoms with E-state index in [0.717, 1.165) is 17.0 Å². The second-order valence-corrected chi connectivity index (χ2v) is 8.89. The van der Waals surface area contributed by atoms with Crippen LogP contribution >= 0.6 is 23.2 Å². The lowest BCUT2D eigenvalue weighted by atomic mass is 10.2. The lowest BCUT2D eigenvalue weighted by molar-refractivity contribution is -0.121. The minimum Gasteiger partial charge on any atom is -0.332 e. The Morgan fingerprint density at radius 2 is 1.74 bits per heavy atom. The second kappa shape index (κ2) is 9.86. The Labute approximate surface area is 186 Å². The van der Waals surface area contributed by atoms with Gasteiger partial charge in [-0.3, -0.25) is 9.59 Å². The standard InChI is InChI=1S/C18H16Cl2F3N3O4S/c1-26(9-16(27)25-12-5-6-14(19)15(20)8-12)17(28)11-3-2-4-13(7-11)31(29,30)24-10-18(21,22)23/h2-8,24H,9-10H2,1H3,(H,25,27). The van der Waals surface area contributed by atoms with Crippen molar-refractivity contribution >= 4 is 50.7 Å². The first-order valence-electron chi connectivity index (χ1n) is 8.45. The molecule has 0 saturated heterocycles. The topological polar surface area (TPSA) is 95.6 Å². The Balaban J connectivity index is 2.07. The molecule has 7 nitrogen and oxygen atoms in total. The minimum absolute atomic E-state index is 0.125. The second-order valence-electron chi connectivity index (χ2n) is 6.31. The van der Waals surface area contributed by atoms with E-state index in [1.165, 1.54) is 42.1 Å². The number of halogens is 5. The van der Waals surface area contributed by atoms with Crippen LogP contribution in [0.1, 0.15) is 10.4 Å². The maximum Gasteiger partial charge on any atom is 0.402 e. The van der Waals surface area contributed by atoms with E-state index in [4.69, 9.17) is 23.2 Å². The largest absolute Gasteiger partial charge is 0.402 e. The van der Waals surface area contributed by atoms with Crippen molar-refractivity contribution in [3.63, 3.8) is 0 Å². The summed E-state index contributed by atoms with van der Waals surface area (Å²) in [7, 11) is -3.18. The highest BCUT2D eigenvalue weighted by Crippen LogP contribution is 2.25. The number of carbonyl (C=O) groups excluding carboxylic acids is 2. The monoisotopic (exact) mass is 497 g/mol. The molecule has 0 fully saturated rings. The summed E-state index contributed by atoms with van der Waals surface area (Å²) in [5.74, 6) is -1.28. The van der Waals surface area contributed by atoms with Crippen molar-refractivity contribution in [1.29, 1.82) is 0 Å². The van der Waals surface area contributed by atoms with E-state index >= 15 is 0 Å². The third kappa shape index (κ3) is 7.39. The van der Waals surface area contributed by atoms with Gasteiger partial charge in [0.25, 0.3) is 5.91 Å². The molecule has 0 radical (unpaired) electrons. The van der Waals surface area contributed by atoms with E-state index in [9.17, 15) is 31.2 Å². The lowest BCUT2D eigenvalue weighted by Gasteiger charge is -2.17. The molecule has 2 aromatic rings. The third-order valence-corrected chi connectivity index (χ3v) is 5.92. The Hall–Kier alpha value is -2.34. The third-order valence-electron chi connectivity index (χ3n) is 3.78. The fraction of sp³-hybridized carbons (Fsp3) is 0.222. The van der Waals surface area contributed by atoms with Crippen molar-refractivity contribution in [3.05, 3.63) is 58.1 Å². The highest BCUT2D eigenvalue weighted by molar-refractivity contribution is 7.89. The molecule has 2 amide bonds. The lowest BCUT2D eigenvalue weighted by Crippen LogP contribution is -2.35. The van der Waals surface area contributed by atoms with Crippen LogP contribution in [-0.2, 0) is 14.8 Å². The van der Waals surface area contributed by atoms with Crippen LogP contribution in [0, 0.1) is 0 Å². The number of alkyl halides is 3. The Bertz CT molecular complexity index is 1090. The molecule has 2 N–H and O–H groups in total. The maximum atomic E-state index is 12.5. The number of carbonyl (C=O) groups is 2. The Morgan fingerprint density at radius 3 is 2.35 bits per heavy atom. The number of likely N-dealkylation sites (N-methyl/N-ethyl adjacent to an activating group) is 1. The molecular weight excluding hydrogens is 482 g/mol. The molecule has 0 aliphatic rings. The number of amides is 2. The average Bonchev–Trinajstić information content (AvgIpc) is 2.68. The Morgan fingerprint density at radius 1 is 1.06 bits per heavy atom.